The Balaban J connectivity index is 0.000000140. The number of hydrogen-bond acceptors (Lipinski definition) is 18. The van der Waals surface area contributed by atoms with E-state index in [1.807, 2.05) is 6.07 Å². The first-order valence-corrected chi connectivity index (χ1v) is 23.2. The summed E-state index contributed by atoms with van der Waals surface area (Å²) in [6, 6.07) is 20.8. The highest BCUT2D eigenvalue weighted by molar-refractivity contribution is 5.93. The number of nitrogens with zero attached hydrogens (tertiary/aromatic N) is 9. The number of aromatic amines is 1. The van der Waals surface area contributed by atoms with Gasteiger partial charge in [0.25, 0.3) is 11.8 Å². The molecule has 21 nitrogen and oxygen atoms in total. The summed E-state index contributed by atoms with van der Waals surface area (Å²) in [6.45, 7) is 2.63. The molecule has 2 aliphatic heterocycles. The van der Waals surface area contributed by atoms with Crippen molar-refractivity contribution in [1.82, 2.24) is 60.8 Å². The van der Waals surface area contributed by atoms with Crippen molar-refractivity contribution in [3.8, 4) is 22.9 Å². The van der Waals surface area contributed by atoms with E-state index in [9.17, 15) is 19.2 Å². The van der Waals surface area contributed by atoms with Crippen LogP contribution >= 0.6 is 0 Å². The van der Waals surface area contributed by atoms with Crippen LogP contribution in [0.2, 0.25) is 0 Å². The van der Waals surface area contributed by atoms with Crippen LogP contribution in [0.4, 0.5) is 11.9 Å². The van der Waals surface area contributed by atoms with E-state index < -0.39 is 5.97 Å². The van der Waals surface area contributed by atoms with Gasteiger partial charge in [0.2, 0.25) is 35.1 Å². The fourth-order valence-electron chi connectivity index (χ4n) is 8.93. The third-order valence-corrected chi connectivity index (χ3v) is 12.5. The molecule has 7 aromatic rings. The van der Waals surface area contributed by atoms with Crippen molar-refractivity contribution in [2.75, 3.05) is 30.4 Å². The number of carboxylic acid groups (broad SMARTS) is 1. The van der Waals surface area contributed by atoms with E-state index in [1.54, 1.807) is 47.9 Å². The highest BCUT2D eigenvalue weighted by Crippen LogP contribution is 2.26. The number of ketones is 1. The summed E-state index contributed by atoms with van der Waals surface area (Å²) in [4.78, 5) is 67.7. The van der Waals surface area contributed by atoms with E-state index >= 15 is 0 Å². The number of carbonyl (C=O) groups is 3. The Morgan fingerprint density at radius 3 is 1.79 bits per heavy atom. The zero-order valence-electron chi connectivity index (χ0n) is 38.3. The van der Waals surface area contributed by atoms with Gasteiger partial charge in [-0.2, -0.15) is 0 Å². The number of benzene rings is 2. The SMILES string of the molecule is O=C(O)Cc1nnc(-c2cnc(NC3Cc4ccccc4C3)nc2)o1.O=C1C=CC2=C(C1)NCN(C(=O)Cc1nnc(-c3cnc(NC4Cc5ccccc5C4)nc3)o1)C2.O=c1ccc2c([nH]1)CCNC2. The predicted octanol–water partition coefficient (Wildman–Crippen LogP) is 3.57. The van der Waals surface area contributed by atoms with Crippen molar-refractivity contribution in [3.63, 3.8) is 0 Å². The molecule has 360 valence electrons. The molecular formula is C50H48N14O7. The van der Waals surface area contributed by atoms with Gasteiger partial charge in [0.15, 0.2) is 5.78 Å². The predicted molar refractivity (Wildman–Crippen MR) is 256 cm³/mol. The van der Waals surface area contributed by atoms with Gasteiger partial charge in [0.1, 0.15) is 12.8 Å². The molecule has 0 saturated carbocycles. The summed E-state index contributed by atoms with van der Waals surface area (Å²) >= 11 is 0. The molecule has 0 atom stereocenters. The molecule has 1 amide bonds. The summed E-state index contributed by atoms with van der Waals surface area (Å²) in [6.07, 6.45) is 14.5. The van der Waals surface area contributed by atoms with Crippen LogP contribution in [0, 0.1) is 0 Å². The molecule has 71 heavy (non-hydrogen) atoms. The minimum atomic E-state index is -1.02. The van der Waals surface area contributed by atoms with Crippen LogP contribution in [0.25, 0.3) is 22.9 Å². The summed E-state index contributed by atoms with van der Waals surface area (Å²) < 4.78 is 11.0. The van der Waals surface area contributed by atoms with E-state index in [-0.39, 0.29) is 65.7 Å². The van der Waals surface area contributed by atoms with Gasteiger partial charge in [-0.3, -0.25) is 19.2 Å². The normalized spacial score (nSPS) is 15.8. The lowest BCUT2D eigenvalue weighted by molar-refractivity contribution is -0.136. The van der Waals surface area contributed by atoms with Crippen LogP contribution in [0.3, 0.4) is 0 Å². The van der Waals surface area contributed by atoms with Gasteiger partial charge >= 0.3 is 5.97 Å². The van der Waals surface area contributed by atoms with E-state index in [4.69, 9.17) is 13.9 Å². The number of aliphatic carboxylic acids is 1. The standard InChI is InChI=1S/C25H23N7O3.C17H15N5O3.C8H10N2O/c33-20-6-5-17-13-32(14-28-21(17)9-20)23(34)10-22-30-31-24(35-22)18-11-26-25(27-12-18)29-19-7-15-3-1-2-4-16(15)8-19;23-15(24)7-14-21-22-16(25-14)12-8-18-17(19-9-12)20-13-5-10-3-1-2-4-11(10)6-13;11-8-2-1-6-5-9-4-3-7(6)10-8/h1-6,11-12,19,28H,7-10,13-14H2,(H,26,27,29);1-4,8-9,13H,5-7H2,(H,23,24)(H,18,19,20);1-2,9H,3-5H2,(H,10,11). The van der Waals surface area contributed by atoms with Crippen molar-refractivity contribution in [1.29, 1.82) is 0 Å². The van der Waals surface area contributed by atoms with Crippen molar-refractivity contribution >= 4 is 29.6 Å². The smallest absolute Gasteiger partial charge is 0.312 e. The third-order valence-electron chi connectivity index (χ3n) is 12.5. The Kier molecular flexibility index (Phi) is 13.5. The number of aromatic nitrogens is 9. The molecular weight excluding hydrogens is 909 g/mol. The Bertz CT molecular complexity index is 3150. The van der Waals surface area contributed by atoms with E-state index in [1.165, 1.54) is 27.8 Å². The number of fused-ring (bicyclic) bond motifs is 3. The number of H-pyrrole nitrogens is 1. The zero-order valence-corrected chi connectivity index (χ0v) is 38.3. The topological polar surface area (TPSA) is 285 Å². The molecule has 0 radical (unpaired) electrons. The van der Waals surface area contributed by atoms with Crippen molar-refractivity contribution < 1.29 is 28.3 Å². The van der Waals surface area contributed by atoms with Gasteiger partial charge < -0.3 is 45.1 Å². The Hall–Kier alpha value is -8.72. The number of rotatable bonds is 10. The second-order valence-corrected chi connectivity index (χ2v) is 17.5. The lowest BCUT2D eigenvalue weighted by atomic mass is 10.0. The number of anilines is 2. The number of nitrogens with one attached hydrogen (secondary N) is 5. The first-order chi connectivity index (χ1) is 34.6. The molecule has 5 aromatic heterocycles. The summed E-state index contributed by atoms with van der Waals surface area (Å²) in [5, 5.41) is 37.4. The van der Waals surface area contributed by atoms with Crippen molar-refractivity contribution in [2.24, 2.45) is 0 Å². The summed E-state index contributed by atoms with van der Waals surface area (Å²) in [5.74, 6) is 0.725. The van der Waals surface area contributed by atoms with Crippen LogP contribution in [0.5, 0.6) is 0 Å². The van der Waals surface area contributed by atoms with E-state index in [2.05, 4.69) is 115 Å². The van der Waals surface area contributed by atoms with Crippen LogP contribution in [0.15, 0.2) is 123 Å². The highest BCUT2D eigenvalue weighted by atomic mass is 16.4. The summed E-state index contributed by atoms with van der Waals surface area (Å²) in [5.41, 5.74) is 10.7. The maximum absolute atomic E-state index is 12.8. The quantitative estimate of drug-likeness (QED) is 0.114. The molecule has 3 aliphatic carbocycles. The average Bonchev–Trinajstić information content (AvgIpc) is 4.22. The molecule has 12 rings (SSSR count). The monoisotopic (exact) mass is 956 g/mol. The highest BCUT2D eigenvalue weighted by Gasteiger charge is 2.27. The number of hydrogen-bond donors (Lipinski definition) is 6. The maximum atomic E-state index is 12.8. The van der Waals surface area contributed by atoms with Crippen molar-refractivity contribution in [2.45, 2.75) is 70.0 Å². The van der Waals surface area contributed by atoms with Gasteiger partial charge in [-0.15, -0.1) is 20.4 Å². The Morgan fingerprint density at radius 1 is 0.690 bits per heavy atom. The lowest BCUT2D eigenvalue weighted by Gasteiger charge is -2.32. The van der Waals surface area contributed by atoms with Crippen LogP contribution in [-0.2, 0) is 65.9 Å². The number of amides is 1. The van der Waals surface area contributed by atoms with E-state index in [0.29, 0.717) is 42.7 Å². The second-order valence-electron chi connectivity index (χ2n) is 17.5. The second kappa shape index (κ2) is 20.9. The number of carboxylic acids is 1. The minimum absolute atomic E-state index is 0.00523. The first-order valence-electron chi connectivity index (χ1n) is 23.2. The maximum Gasteiger partial charge on any atom is 0.312 e. The average molecular weight is 957 g/mol. The van der Waals surface area contributed by atoms with Crippen molar-refractivity contribution in [3.05, 3.63) is 165 Å². The Labute approximate surface area is 405 Å². The molecule has 0 spiro atoms. The molecule has 6 N–H and O–H groups in total. The van der Waals surface area contributed by atoms with Crippen LogP contribution < -0.4 is 26.8 Å². The number of pyridine rings is 1. The fraction of sp³-hybridized carbons (Fsp3) is 0.280. The van der Waals surface area contributed by atoms with E-state index in [0.717, 1.165) is 62.2 Å². The molecule has 2 aromatic carbocycles. The minimum Gasteiger partial charge on any atom is -0.481 e. The Morgan fingerprint density at radius 2 is 1.24 bits per heavy atom. The molecule has 0 unspecified atom stereocenters. The zero-order chi connectivity index (χ0) is 48.7. The van der Waals surface area contributed by atoms with Crippen LogP contribution in [0.1, 0.15) is 51.7 Å². The van der Waals surface area contributed by atoms with Gasteiger partial charge in [-0.05, 0) is 65.1 Å². The van der Waals surface area contributed by atoms with Crippen LogP contribution in [-0.4, -0.2) is 105 Å². The van der Waals surface area contributed by atoms with Gasteiger partial charge in [-0.1, -0.05) is 60.7 Å². The molecule has 0 fully saturated rings. The number of allylic oxidation sites excluding steroid dienone is 2. The lowest BCUT2D eigenvalue weighted by Crippen LogP contribution is -2.45. The fourth-order valence-corrected chi connectivity index (χ4v) is 8.93. The molecule has 5 aliphatic rings. The van der Waals surface area contributed by atoms with Gasteiger partial charge in [-0.25, -0.2) is 19.9 Å². The number of carbonyl (C=O) groups excluding carboxylic acids is 2. The third kappa shape index (κ3) is 11.4. The molecule has 0 bridgehead atoms. The van der Waals surface area contributed by atoms with Gasteiger partial charge in [0.05, 0.1) is 24.2 Å². The summed E-state index contributed by atoms with van der Waals surface area (Å²) in [7, 11) is 0. The van der Waals surface area contributed by atoms with Gasteiger partial charge in [0, 0.05) is 80.4 Å². The molecule has 21 heteroatoms. The molecule has 0 saturated heterocycles. The molecule has 7 heterocycles. The largest absolute Gasteiger partial charge is 0.481 e. The first kappa shape index (κ1) is 46.0.